The number of imidazole rings is 1. The Balaban J connectivity index is 2.22. The van der Waals surface area contributed by atoms with Crippen LogP contribution >= 0.6 is 0 Å². The Hall–Kier alpha value is -1.36. The van der Waals surface area contributed by atoms with Crippen molar-refractivity contribution in [2.24, 2.45) is 13.0 Å². The van der Waals surface area contributed by atoms with Crippen molar-refractivity contribution in [3.8, 4) is 0 Å². The average molecular weight is 209 g/mol. The summed E-state index contributed by atoms with van der Waals surface area (Å²) in [6.45, 7) is 1.45. The van der Waals surface area contributed by atoms with Gasteiger partial charge in [-0.15, -0.1) is 0 Å². The van der Waals surface area contributed by atoms with Gasteiger partial charge < -0.3 is 14.6 Å². The maximum Gasteiger partial charge on any atom is 0.310 e. The minimum absolute atomic E-state index is 0.115. The third-order valence-electron chi connectivity index (χ3n) is 2.91. The highest BCUT2D eigenvalue weighted by molar-refractivity contribution is 5.74. The molecule has 1 aromatic heterocycles. The molecule has 0 aromatic carbocycles. The lowest BCUT2D eigenvalue weighted by Gasteiger charge is -2.15. The van der Waals surface area contributed by atoms with Gasteiger partial charge in [-0.1, -0.05) is 0 Å². The highest BCUT2D eigenvalue weighted by Gasteiger charge is 2.36. The molecule has 2 atom stereocenters. The van der Waals surface area contributed by atoms with E-state index in [4.69, 9.17) is 4.74 Å². The van der Waals surface area contributed by atoms with Crippen molar-refractivity contribution in [2.75, 3.05) is 20.2 Å². The van der Waals surface area contributed by atoms with Gasteiger partial charge in [0.15, 0.2) is 0 Å². The van der Waals surface area contributed by atoms with Crippen LogP contribution in [0, 0.1) is 5.92 Å². The van der Waals surface area contributed by atoms with Gasteiger partial charge in [0.2, 0.25) is 0 Å². The molecule has 0 radical (unpaired) electrons. The number of hydrogen-bond donors (Lipinski definition) is 1. The summed E-state index contributed by atoms with van der Waals surface area (Å²) in [5, 5.41) is 3.20. The lowest BCUT2D eigenvalue weighted by atomic mass is 9.95. The molecule has 1 N–H and O–H groups in total. The SMILES string of the molecule is COC(=O)C1CNCC1c1nccn1C. The highest BCUT2D eigenvalue weighted by Crippen LogP contribution is 2.27. The number of aryl methyl sites for hydroxylation is 1. The van der Waals surface area contributed by atoms with Crippen molar-refractivity contribution >= 4 is 5.97 Å². The monoisotopic (exact) mass is 209 g/mol. The Bertz CT molecular complexity index is 361. The molecule has 0 amide bonds. The Morgan fingerprint density at radius 3 is 3.07 bits per heavy atom. The molecule has 2 unspecified atom stereocenters. The normalized spacial score (nSPS) is 25.5. The summed E-state index contributed by atoms with van der Waals surface area (Å²) < 4.78 is 6.74. The van der Waals surface area contributed by atoms with E-state index in [9.17, 15) is 4.79 Å². The van der Waals surface area contributed by atoms with Gasteiger partial charge in [0.25, 0.3) is 0 Å². The number of nitrogens with one attached hydrogen (secondary N) is 1. The van der Waals surface area contributed by atoms with Crippen LogP contribution in [-0.4, -0.2) is 35.7 Å². The van der Waals surface area contributed by atoms with Crippen molar-refractivity contribution in [1.82, 2.24) is 14.9 Å². The van der Waals surface area contributed by atoms with Crippen molar-refractivity contribution in [1.29, 1.82) is 0 Å². The predicted octanol–water partition coefficient (Wildman–Crippen LogP) is -0.104. The lowest BCUT2D eigenvalue weighted by molar-refractivity contribution is -0.145. The topological polar surface area (TPSA) is 56.1 Å². The third-order valence-corrected chi connectivity index (χ3v) is 2.91. The van der Waals surface area contributed by atoms with E-state index in [1.54, 1.807) is 6.20 Å². The summed E-state index contributed by atoms with van der Waals surface area (Å²) in [5.74, 6) is 0.789. The average Bonchev–Trinajstić information content (AvgIpc) is 2.84. The number of esters is 1. The fraction of sp³-hybridized carbons (Fsp3) is 0.600. The first-order valence-electron chi connectivity index (χ1n) is 4.99. The molecule has 0 spiro atoms. The molecule has 2 heterocycles. The molecule has 82 valence electrons. The number of rotatable bonds is 2. The molecule has 1 saturated heterocycles. The Kier molecular flexibility index (Phi) is 2.73. The summed E-state index contributed by atoms with van der Waals surface area (Å²) in [6.07, 6.45) is 3.64. The van der Waals surface area contributed by atoms with Gasteiger partial charge in [0.1, 0.15) is 5.82 Å². The quantitative estimate of drug-likeness (QED) is 0.691. The van der Waals surface area contributed by atoms with Crippen molar-refractivity contribution in [2.45, 2.75) is 5.92 Å². The molecule has 2 rings (SSSR count). The molecule has 5 nitrogen and oxygen atoms in total. The lowest BCUT2D eigenvalue weighted by Crippen LogP contribution is -2.24. The van der Waals surface area contributed by atoms with Gasteiger partial charge in [-0.3, -0.25) is 4.79 Å². The van der Waals surface area contributed by atoms with E-state index < -0.39 is 0 Å². The van der Waals surface area contributed by atoms with Gasteiger partial charge >= 0.3 is 5.97 Å². The van der Waals surface area contributed by atoms with Gasteiger partial charge in [0.05, 0.1) is 13.0 Å². The van der Waals surface area contributed by atoms with Crippen molar-refractivity contribution in [3.05, 3.63) is 18.2 Å². The van der Waals surface area contributed by atoms with Crippen LogP contribution in [0.3, 0.4) is 0 Å². The van der Waals surface area contributed by atoms with Gasteiger partial charge in [-0.25, -0.2) is 4.98 Å². The van der Waals surface area contributed by atoms with E-state index in [0.29, 0.717) is 6.54 Å². The summed E-state index contributed by atoms with van der Waals surface area (Å²) in [5.41, 5.74) is 0. The Morgan fingerprint density at radius 2 is 2.47 bits per heavy atom. The maximum atomic E-state index is 11.5. The molecule has 1 aromatic rings. The fourth-order valence-corrected chi connectivity index (χ4v) is 2.08. The van der Waals surface area contributed by atoms with Crippen LogP contribution in [-0.2, 0) is 16.6 Å². The molecule has 1 aliphatic heterocycles. The van der Waals surface area contributed by atoms with Crippen molar-refractivity contribution in [3.63, 3.8) is 0 Å². The number of carbonyl (C=O) groups excluding carboxylic acids is 1. The summed E-state index contributed by atoms with van der Waals surface area (Å²) in [6, 6.07) is 0. The molecule has 5 heteroatoms. The van der Waals surface area contributed by atoms with E-state index in [1.165, 1.54) is 7.11 Å². The molecule has 15 heavy (non-hydrogen) atoms. The van der Waals surface area contributed by atoms with Crippen LogP contribution in [0.15, 0.2) is 12.4 Å². The number of aromatic nitrogens is 2. The first kappa shape index (κ1) is 10.2. The molecule has 0 saturated carbocycles. The van der Waals surface area contributed by atoms with Crippen LogP contribution in [0.5, 0.6) is 0 Å². The van der Waals surface area contributed by atoms with Crippen LogP contribution in [0.1, 0.15) is 11.7 Å². The number of ether oxygens (including phenoxy) is 1. The van der Waals surface area contributed by atoms with Crippen LogP contribution < -0.4 is 5.32 Å². The Morgan fingerprint density at radius 1 is 1.67 bits per heavy atom. The van der Waals surface area contributed by atoms with Gasteiger partial charge in [-0.05, 0) is 0 Å². The second kappa shape index (κ2) is 4.02. The molecule has 0 aliphatic carbocycles. The molecule has 1 fully saturated rings. The molecule has 0 bridgehead atoms. The second-order valence-corrected chi connectivity index (χ2v) is 3.79. The van der Waals surface area contributed by atoms with Gasteiger partial charge in [0, 0.05) is 38.4 Å². The van der Waals surface area contributed by atoms with E-state index in [-0.39, 0.29) is 17.8 Å². The predicted molar refractivity (Wildman–Crippen MR) is 54.3 cm³/mol. The fourth-order valence-electron chi connectivity index (χ4n) is 2.08. The van der Waals surface area contributed by atoms with E-state index >= 15 is 0 Å². The second-order valence-electron chi connectivity index (χ2n) is 3.79. The van der Waals surface area contributed by atoms with E-state index in [2.05, 4.69) is 10.3 Å². The van der Waals surface area contributed by atoms with Crippen LogP contribution in [0.25, 0.3) is 0 Å². The first-order chi connectivity index (χ1) is 7.24. The van der Waals surface area contributed by atoms with E-state index in [1.807, 2.05) is 17.8 Å². The minimum atomic E-state index is -0.159. The zero-order valence-corrected chi connectivity index (χ0v) is 8.93. The number of methoxy groups -OCH3 is 1. The zero-order valence-electron chi connectivity index (χ0n) is 8.93. The molecular weight excluding hydrogens is 194 g/mol. The summed E-state index contributed by atoms with van der Waals surface area (Å²) >= 11 is 0. The Labute approximate surface area is 88.4 Å². The maximum absolute atomic E-state index is 11.5. The molecular formula is C10H15N3O2. The number of nitrogens with zero attached hydrogens (tertiary/aromatic N) is 2. The summed E-state index contributed by atoms with van der Waals surface area (Å²) in [7, 11) is 3.37. The molecule has 1 aliphatic rings. The van der Waals surface area contributed by atoms with Crippen molar-refractivity contribution < 1.29 is 9.53 Å². The highest BCUT2D eigenvalue weighted by atomic mass is 16.5. The van der Waals surface area contributed by atoms with E-state index in [0.717, 1.165) is 12.4 Å². The van der Waals surface area contributed by atoms with Crippen LogP contribution in [0.4, 0.5) is 0 Å². The standard InChI is InChI=1S/C10H15N3O2/c1-13-4-3-12-9(13)7-5-11-6-8(7)10(14)15-2/h3-4,7-8,11H,5-6H2,1-2H3. The summed E-state index contributed by atoms with van der Waals surface area (Å²) in [4.78, 5) is 15.8. The van der Waals surface area contributed by atoms with Crippen LogP contribution in [0.2, 0.25) is 0 Å². The van der Waals surface area contributed by atoms with Gasteiger partial charge in [-0.2, -0.15) is 0 Å². The largest absolute Gasteiger partial charge is 0.469 e. The smallest absolute Gasteiger partial charge is 0.310 e. The first-order valence-corrected chi connectivity index (χ1v) is 4.99. The minimum Gasteiger partial charge on any atom is -0.469 e. The third kappa shape index (κ3) is 1.74. The zero-order chi connectivity index (χ0) is 10.8. The number of hydrogen-bond acceptors (Lipinski definition) is 4. The number of carbonyl (C=O) groups is 1.